The van der Waals surface area contributed by atoms with Crippen molar-refractivity contribution in [3.05, 3.63) is 34.9 Å². The molecule has 1 aliphatic rings. The summed E-state index contributed by atoms with van der Waals surface area (Å²) in [5, 5.41) is 10.2. The SMILES string of the molecule is C[C@H](O)[C@@H]1C[C@@H]1c1ccccc1Cl. The molecule has 2 heteroatoms. The Kier molecular flexibility index (Phi) is 2.31. The predicted octanol–water partition coefficient (Wildman–Crippen LogP) is 2.82. The molecule has 0 saturated heterocycles. The van der Waals surface area contributed by atoms with Gasteiger partial charge in [-0.25, -0.2) is 0 Å². The summed E-state index contributed by atoms with van der Waals surface area (Å²) in [6.45, 7) is 1.85. The second kappa shape index (κ2) is 3.32. The molecule has 2 rings (SSSR count). The Morgan fingerprint density at radius 1 is 1.46 bits per heavy atom. The Labute approximate surface area is 83.3 Å². The molecule has 1 aromatic carbocycles. The maximum atomic E-state index is 9.37. The molecule has 1 nitrogen and oxygen atoms in total. The molecule has 0 spiro atoms. The van der Waals surface area contributed by atoms with Crippen LogP contribution in [0.1, 0.15) is 24.8 Å². The average Bonchev–Trinajstić information content (AvgIpc) is 2.84. The van der Waals surface area contributed by atoms with E-state index in [1.807, 2.05) is 25.1 Å². The third kappa shape index (κ3) is 1.72. The van der Waals surface area contributed by atoms with E-state index in [1.54, 1.807) is 0 Å². The molecule has 13 heavy (non-hydrogen) atoms. The Morgan fingerprint density at radius 3 is 2.69 bits per heavy atom. The number of hydrogen-bond donors (Lipinski definition) is 1. The van der Waals surface area contributed by atoms with Crippen molar-refractivity contribution in [2.75, 3.05) is 0 Å². The van der Waals surface area contributed by atoms with Gasteiger partial charge in [0.1, 0.15) is 0 Å². The minimum Gasteiger partial charge on any atom is -0.393 e. The third-order valence-electron chi connectivity index (χ3n) is 2.76. The lowest BCUT2D eigenvalue weighted by molar-refractivity contribution is 0.169. The van der Waals surface area contributed by atoms with Crippen LogP contribution < -0.4 is 0 Å². The predicted molar refractivity (Wildman–Crippen MR) is 54.0 cm³/mol. The molecular weight excluding hydrogens is 184 g/mol. The summed E-state index contributed by atoms with van der Waals surface area (Å²) in [5.74, 6) is 0.897. The molecule has 1 aromatic rings. The van der Waals surface area contributed by atoms with Crippen LogP contribution in [0.2, 0.25) is 5.02 Å². The summed E-state index contributed by atoms with van der Waals surface area (Å²) in [4.78, 5) is 0. The minimum absolute atomic E-state index is 0.207. The number of benzene rings is 1. The molecule has 1 fully saturated rings. The summed E-state index contributed by atoms with van der Waals surface area (Å²) in [7, 11) is 0. The van der Waals surface area contributed by atoms with Crippen molar-refractivity contribution < 1.29 is 5.11 Å². The maximum absolute atomic E-state index is 9.37. The minimum atomic E-state index is -0.207. The van der Waals surface area contributed by atoms with E-state index in [4.69, 9.17) is 11.6 Å². The Bertz CT molecular complexity index is 309. The fraction of sp³-hybridized carbons (Fsp3) is 0.455. The summed E-state index contributed by atoms with van der Waals surface area (Å²) < 4.78 is 0. The molecular formula is C11H13ClO. The highest BCUT2D eigenvalue weighted by Crippen LogP contribution is 2.51. The topological polar surface area (TPSA) is 20.2 Å². The van der Waals surface area contributed by atoms with E-state index >= 15 is 0 Å². The van der Waals surface area contributed by atoms with Crippen molar-refractivity contribution in [2.24, 2.45) is 5.92 Å². The molecule has 0 aromatic heterocycles. The molecule has 0 heterocycles. The molecule has 70 valence electrons. The van der Waals surface area contributed by atoms with E-state index < -0.39 is 0 Å². The van der Waals surface area contributed by atoms with Crippen LogP contribution in [0.5, 0.6) is 0 Å². The summed E-state index contributed by atoms with van der Waals surface area (Å²) >= 11 is 6.05. The van der Waals surface area contributed by atoms with Gasteiger partial charge in [0.15, 0.2) is 0 Å². The van der Waals surface area contributed by atoms with Gasteiger partial charge in [-0.3, -0.25) is 0 Å². The molecule has 0 unspecified atom stereocenters. The van der Waals surface area contributed by atoms with E-state index in [0.29, 0.717) is 11.8 Å². The fourth-order valence-electron chi connectivity index (χ4n) is 1.88. The Balaban J connectivity index is 2.16. The lowest BCUT2D eigenvalue weighted by Gasteiger charge is -2.04. The van der Waals surface area contributed by atoms with Gasteiger partial charge in [0.05, 0.1) is 6.10 Å². The molecule has 0 radical (unpaired) electrons. The second-order valence-electron chi connectivity index (χ2n) is 3.77. The second-order valence-corrected chi connectivity index (χ2v) is 4.18. The normalized spacial score (nSPS) is 28.5. The van der Waals surface area contributed by atoms with E-state index in [-0.39, 0.29) is 6.10 Å². The van der Waals surface area contributed by atoms with Crippen molar-refractivity contribution in [1.82, 2.24) is 0 Å². The average molecular weight is 197 g/mol. The van der Waals surface area contributed by atoms with Gasteiger partial charge in [0, 0.05) is 5.02 Å². The lowest BCUT2D eigenvalue weighted by Crippen LogP contribution is -2.03. The van der Waals surface area contributed by atoms with Gasteiger partial charge in [0.25, 0.3) is 0 Å². The van der Waals surface area contributed by atoms with E-state index in [2.05, 4.69) is 6.07 Å². The number of aliphatic hydroxyl groups is 1. The van der Waals surface area contributed by atoms with Crippen LogP contribution >= 0.6 is 11.6 Å². The van der Waals surface area contributed by atoms with Gasteiger partial charge in [-0.05, 0) is 36.8 Å². The van der Waals surface area contributed by atoms with Crippen molar-refractivity contribution >= 4 is 11.6 Å². The summed E-state index contributed by atoms with van der Waals surface area (Å²) in [6, 6.07) is 7.90. The van der Waals surface area contributed by atoms with Gasteiger partial charge in [-0.2, -0.15) is 0 Å². The van der Waals surface area contributed by atoms with Gasteiger partial charge < -0.3 is 5.11 Å². The van der Waals surface area contributed by atoms with Crippen LogP contribution in [-0.4, -0.2) is 11.2 Å². The highest BCUT2D eigenvalue weighted by molar-refractivity contribution is 6.31. The van der Waals surface area contributed by atoms with Gasteiger partial charge in [-0.1, -0.05) is 29.8 Å². The van der Waals surface area contributed by atoms with Crippen LogP contribution in [0, 0.1) is 5.92 Å². The fourth-order valence-corrected chi connectivity index (χ4v) is 2.16. The number of hydrogen-bond acceptors (Lipinski definition) is 1. The zero-order valence-corrected chi connectivity index (χ0v) is 8.33. The molecule has 3 atom stereocenters. The zero-order valence-electron chi connectivity index (χ0n) is 7.57. The first-order chi connectivity index (χ1) is 6.20. The van der Waals surface area contributed by atoms with Crippen molar-refractivity contribution in [3.8, 4) is 0 Å². The van der Waals surface area contributed by atoms with Crippen LogP contribution in [0.25, 0.3) is 0 Å². The summed E-state index contributed by atoms with van der Waals surface area (Å²) in [6.07, 6.45) is 0.864. The molecule has 1 aliphatic carbocycles. The first kappa shape index (κ1) is 9.04. The monoisotopic (exact) mass is 196 g/mol. The van der Waals surface area contributed by atoms with Gasteiger partial charge in [0.2, 0.25) is 0 Å². The zero-order chi connectivity index (χ0) is 9.42. The highest BCUT2D eigenvalue weighted by Gasteiger charge is 2.42. The van der Waals surface area contributed by atoms with Gasteiger partial charge in [-0.15, -0.1) is 0 Å². The van der Waals surface area contributed by atoms with Gasteiger partial charge >= 0.3 is 0 Å². The Morgan fingerprint density at radius 2 is 2.15 bits per heavy atom. The maximum Gasteiger partial charge on any atom is 0.0546 e. The molecule has 1 saturated carbocycles. The van der Waals surface area contributed by atoms with E-state index in [1.165, 1.54) is 5.56 Å². The van der Waals surface area contributed by atoms with Crippen molar-refractivity contribution in [1.29, 1.82) is 0 Å². The van der Waals surface area contributed by atoms with E-state index in [0.717, 1.165) is 11.4 Å². The quantitative estimate of drug-likeness (QED) is 0.772. The molecule has 0 amide bonds. The lowest BCUT2D eigenvalue weighted by atomic mass is 10.1. The number of rotatable bonds is 2. The van der Waals surface area contributed by atoms with Crippen LogP contribution in [-0.2, 0) is 0 Å². The molecule has 0 aliphatic heterocycles. The first-order valence-corrected chi connectivity index (χ1v) is 5.00. The smallest absolute Gasteiger partial charge is 0.0546 e. The molecule has 0 bridgehead atoms. The summed E-state index contributed by atoms with van der Waals surface area (Å²) in [5.41, 5.74) is 1.19. The van der Waals surface area contributed by atoms with Crippen LogP contribution in [0.4, 0.5) is 0 Å². The highest BCUT2D eigenvalue weighted by atomic mass is 35.5. The largest absolute Gasteiger partial charge is 0.393 e. The van der Waals surface area contributed by atoms with Crippen LogP contribution in [0.15, 0.2) is 24.3 Å². The number of aliphatic hydroxyl groups excluding tert-OH is 1. The van der Waals surface area contributed by atoms with E-state index in [9.17, 15) is 5.11 Å². The van der Waals surface area contributed by atoms with Crippen LogP contribution in [0.3, 0.4) is 0 Å². The molecule has 1 N–H and O–H groups in total. The number of halogens is 1. The first-order valence-electron chi connectivity index (χ1n) is 4.62. The standard InChI is InChI=1S/C11H13ClO/c1-7(13)9-6-10(9)8-4-2-3-5-11(8)12/h2-5,7,9-10,13H,6H2,1H3/t7-,9-,10+/m0/s1. The third-order valence-corrected chi connectivity index (χ3v) is 3.11. The van der Waals surface area contributed by atoms with Crippen molar-refractivity contribution in [2.45, 2.75) is 25.4 Å². The van der Waals surface area contributed by atoms with Crippen molar-refractivity contribution in [3.63, 3.8) is 0 Å². The Hall–Kier alpha value is -0.530.